The molecular weight excluding hydrogens is 518 g/mol. The Morgan fingerprint density at radius 3 is 2.36 bits per heavy atom. The van der Waals surface area contributed by atoms with Gasteiger partial charge in [-0.15, -0.1) is 0 Å². The first kappa shape index (κ1) is 28.7. The molecule has 2 aliphatic rings. The van der Waals surface area contributed by atoms with E-state index in [0.717, 1.165) is 35.6 Å². The minimum absolute atomic E-state index is 0.118. The number of rotatable bonds is 12. The van der Waals surface area contributed by atoms with E-state index < -0.39 is 28.5 Å². The zero-order valence-electron chi connectivity index (χ0n) is 22.8. The van der Waals surface area contributed by atoms with Crippen LogP contribution in [0.25, 0.3) is 0 Å². The number of amides is 2. The molecule has 1 atom stereocenters. The van der Waals surface area contributed by atoms with Crippen molar-refractivity contribution in [2.24, 2.45) is 0 Å². The Bertz CT molecular complexity index is 1230. The van der Waals surface area contributed by atoms with Crippen molar-refractivity contribution in [3.63, 3.8) is 0 Å². The van der Waals surface area contributed by atoms with Gasteiger partial charge >= 0.3 is 0 Å². The second-order valence-electron chi connectivity index (χ2n) is 9.97. The Kier molecular flexibility index (Phi) is 9.72. The van der Waals surface area contributed by atoms with E-state index in [1.165, 1.54) is 0 Å². The molecule has 0 bridgehead atoms. The standard InChI is InChI=1S/C29H39N3O6S/c1-3-25(29(34)30-23-12-8-9-13-23)31(17-16-22-10-6-5-7-11-22)28(33)21-32(39(35,36)4-2)24-14-15-26-27(20-24)38-19-18-37-26/h5-7,10-11,14-15,20,23,25H,3-4,8-9,12-13,16-19,21H2,1-2H3,(H,30,34)/t25-/m1/s1. The maximum Gasteiger partial charge on any atom is 0.244 e. The van der Waals surface area contributed by atoms with Gasteiger partial charge in [-0.05, 0) is 50.3 Å². The highest BCUT2D eigenvalue weighted by Crippen LogP contribution is 2.35. The smallest absolute Gasteiger partial charge is 0.244 e. The number of hydrogen-bond donors (Lipinski definition) is 1. The minimum Gasteiger partial charge on any atom is -0.486 e. The fourth-order valence-electron chi connectivity index (χ4n) is 5.17. The van der Waals surface area contributed by atoms with Gasteiger partial charge in [-0.3, -0.25) is 13.9 Å². The highest BCUT2D eigenvalue weighted by molar-refractivity contribution is 7.92. The van der Waals surface area contributed by atoms with E-state index in [0.29, 0.717) is 49.8 Å². The number of nitrogens with zero attached hydrogens (tertiary/aromatic N) is 2. The van der Waals surface area contributed by atoms with Crippen LogP contribution < -0.4 is 19.1 Å². The Morgan fingerprint density at radius 1 is 1.00 bits per heavy atom. The van der Waals surface area contributed by atoms with Crippen molar-refractivity contribution in [2.45, 2.75) is 64.5 Å². The molecule has 0 aromatic heterocycles. The number of carbonyl (C=O) groups is 2. The highest BCUT2D eigenvalue weighted by Gasteiger charge is 2.33. The molecule has 1 saturated carbocycles. The molecule has 0 radical (unpaired) electrons. The summed E-state index contributed by atoms with van der Waals surface area (Å²) in [5.74, 6) is 0.175. The summed E-state index contributed by atoms with van der Waals surface area (Å²) in [7, 11) is -3.82. The number of anilines is 1. The average molecular weight is 558 g/mol. The van der Waals surface area contributed by atoms with Gasteiger partial charge in [0.2, 0.25) is 21.8 Å². The normalized spacial score (nSPS) is 15.9. The lowest BCUT2D eigenvalue weighted by Crippen LogP contribution is -2.54. The van der Waals surface area contributed by atoms with Gasteiger partial charge < -0.3 is 19.7 Å². The van der Waals surface area contributed by atoms with Crippen LogP contribution in [-0.4, -0.2) is 69.3 Å². The Hall–Kier alpha value is -3.27. The van der Waals surface area contributed by atoms with Gasteiger partial charge in [0.1, 0.15) is 25.8 Å². The molecule has 0 unspecified atom stereocenters. The quantitative estimate of drug-likeness (QED) is 0.428. The van der Waals surface area contributed by atoms with Gasteiger partial charge in [-0.2, -0.15) is 0 Å². The molecule has 0 spiro atoms. The molecule has 2 aromatic rings. The van der Waals surface area contributed by atoms with Gasteiger partial charge in [-0.1, -0.05) is 50.1 Å². The van der Waals surface area contributed by atoms with Crippen LogP contribution in [0.2, 0.25) is 0 Å². The van der Waals surface area contributed by atoms with Crippen molar-refractivity contribution >= 4 is 27.5 Å². The van der Waals surface area contributed by atoms with E-state index >= 15 is 0 Å². The van der Waals surface area contributed by atoms with Crippen molar-refractivity contribution in [1.82, 2.24) is 10.2 Å². The van der Waals surface area contributed by atoms with Crippen molar-refractivity contribution in [2.75, 3.05) is 36.4 Å². The van der Waals surface area contributed by atoms with Crippen LogP contribution in [0, 0.1) is 0 Å². The third-order valence-corrected chi connectivity index (χ3v) is 9.11. The predicted octanol–water partition coefficient (Wildman–Crippen LogP) is 3.52. The van der Waals surface area contributed by atoms with Crippen LogP contribution in [0.5, 0.6) is 11.5 Å². The zero-order valence-corrected chi connectivity index (χ0v) is 23.6. The number of ether oxygens (including phenoxy) is 2. The Balaban J connectivity index is 1.61. The summed E-state index contributed by atoms with van der Waals surface area (Å²) in [6.45, 7) is 4.07. The first-order chi connectivity index (χ1) is 18.8. The molecule has 1 fully saturated rings. The molecule has 39 heavy (non-hydrogen) atoms. The number of benzene rings is 2. The summed E-state index contributed by atoms with van der Waals surface area (Å²) in [5.41, 5.74) is 1.35. The third-order valence-electron chi connectivity index (χ3n) is 7.36. The first-order valence-electron chi connectivity index (χ1n) is 13.9. The van der Waals surface area contributed by atoms with Crippen LogP contribution >= 0.6 is 0 Å². The lowest BCUT2D eigenvalue weighted by atomic mass is 10.1. The van der Waals surface area contributed by atoms with Crippen LogP contribution in [0.4, 0.5) is 5.69 Å². The number of sulfonamides is 1. The van der Waals surface area contributed by atoms with E-state index in [2.05, 4.69) is 5.32 Å². The van der Waals surface area contributed by atoms with Crippen LogP contribution in [-0.2, 0) is 26.0 Å². The lowest BCUT2D eigenvalue weighted by molar-refractivity contribution is -0.139. The summed E-state index contributed by atoms with van der Waals surface area (Å²) < 4.78 is 38.8. The maximum absolute atomic E-state index is 13.9. The van der Waals surface area contributed by atoms with Gasteiger partial charge in [0.25, 0.3) is 0 Å². The molecule has 212 valence electrons. The second-order valence-corrected chi connectivity index (χ2v) is 12.2. The van der Waals surface area contributed by atoms with Crippen molar-refractivity contribution in [3.05, 3.63) is 54.1 Å². The summed E-state index contributed by atoms with van der Waals surface area (Å²) in [6, 6.07) is 14.0. The molecule has 4 rings (SSSR count). The molecule has 10 heteroatoms. The highest BCUT2D eigenvalue weighted by atomic mass is 32.2. The third kappa shape index (κ3) is 7.23. The molecule has 2 amide bonds. The molecule has 1 aliphatic carbocycles. The average Bonchev–Trinajstić information content (AvgIpc) is 3.47. The fraction of sp³-hybridized carbons (Fsp3) is 0.517. The first-order valence-corrected chi connectivity index (χ1v) is 15.5. The zero-order chi connectivity index (χ0) is 27.8. The molecule has 1 N–H and O–H groups in total. The Labute approximate surface area is 231 Å². The van der Waals surface area contributed by atoms with E-state index in [-0.39, 0.29) is 17.7 Å². The van der Waals surface area contributed by atoms with Gasteiger partial charge in [-0.25, -0.2) is 8.42 Å². The van der Waals surface area contributed by atoms with Crippen molar-refractivity contribution < 1.29 is 27.5 Å². The molecule has 0 saturated heterocycles. The van der Waals surface area contributed by atoms with Gasteiger partial charge in [0.05, 0.1) is 11.4 Å². The summed E-state index contributed by atoms with van der Waals surface area (Å²) in [6.07, 6.45) is 5.00. The van der Waals surface area contributed by atoms with E-state index in [9.17, 15) is 18.0 Å². The van der Waals surface area contributed by atoms with Gasteiger partial charge in [0, 0.05) is 18.7 Å². The van der Waals surface area contributed by atoms with Crippen molar-refractivity contribution in [1.29, 1.82) is 0 Å². The SMILES string of the molecule is CC[C@H](C(=O)NC1CCCC1)N(CCc1ccccc1)C(=O)CN(c1ccc2c(c1)OCCO2)S(=O)(=O)CC. The summed E-state index contributed by atoms with van der Waals surface area (Å²) in [5, 5.41) is 3.13. The molecule has 2 aromatic carbocycles. The van der Waals surface area contributed by atoms with Gasteiger partial charge in [0.15, 0.2) is 11.5 Å². The topological polar surface area (TPSA) is 105 Å². The monoisotopic (exact) mass is 557 g/mol. The van der Waals surface area contributed by atoms with E-state index in [1.807, 2.05) is 37.3 Å². The second kappa shape index (κ2) is 13.2. The minimum atomic E-state index is -3.82. The summed E-state index contributed by atoms with van der Waals surface area (Å²) >= 11 is 0. The maximum atomic E-state index is 13.9. The molecule has 1 aliphatic heterocycles. The fourth-order valence-corrected chi connectivity index (χ4v) is 6.22. The number of fused-ring (bicyclic) bond motifs is 1. The molecular formula is C29H39N3O6S. The Morgan fingerprint density at radius 2 is 1.69 bits per heavy atom. The predicted molar refractivity (Wildman–Crippen MR) is 151 cm³/mol. The van der Waals surface area contributed by atoms with E-state index in [1.54, 1.807) is 30.0 Å². The van der Waals surface area contributed by atoms with E-state index in [4.69, 9.17) is 9.47 Å². The molecule has 9 nitrogen and oxygen atoms in total. The number of nitrogens with one attached hydrogen (secondary N) is 1. The van der Waals surface area contributed by atoms with Crippen LogP contribution in [0.15, 0.2) is 48.5 Å². The van der Waals surface area contributed by atoms with Crippen LogP contribution in [0.1, 0.15) is 51.5 Å². The van der Waals surface area contributed by atoms with Crippen LogP contribution in [0.3, 0.4) is 0 Å². The largest absolute Gasteiger partial charge is 0.486 e. The number of carbonyl (C=O) groups excluding carboxylic acids is 2. The summed E-state index contributed by atoms with van der Waals surface area (Å²) in [4.78, 5) is 28.9. The number of hydrogen-bond acceptors (Lipinski definition) is 6. The van der Waals surface area contributed by atoms with Crippen molar-refractivity contribution in [3.8, 4) is 11.5 Å². The molecule has 1 heterocycles. The lowest BCUT2D eigenvalue weighted by Gasteiger charge is -2.34.